The van der Waals surface area contributed by atoms with Gasteiger partial charge in [-0.1, -0.05) is 48.0 Å². The van der Waals surface area contributed by atoms with Gasteiger partial charge in [0.05, 0.1) is 0 Å². The molecule has 22 heavy (non-hydrogen) atoms. The lowest BCUT2D eigenvalue weighted by Gasteiger charge is -2.36. The molecule has 1 aliphatic heterocycles. The first-order valence-electron chi connectivity index (χ1n) is 7.71. The minimum absolute atomic E-state index is 0.118. The number of halogens is 1. The van der Waals surface area contributed by atoms with Gasteiger partial charge in [-0.25, -0.2) is 0 Å². The molecule has 3 rings (SSSR count). The van der Waals surface area contributed by atoms with Crippen LogP contribution in [-0.4, -0.2) is 22.9 Å². The second kappa shape index (κ2) is 6.13. The molecule has 1 aliphatic rings. The summed E-state index contributed by atoms with van der Waals surface area (Å²) in [4.78, 5) is 14.9. The number of amides is 1. The van der Waals surface area contributed by atoms with Crippen molar-refractivity contribution in [3.8, 4) is 0 Å². The van der Waals surface area contributed by atoms with Crippen molar-refractivity contribution in [2.45, 2.75) is 31.7 Å². The number of rotatable bonds is 3. The Bertz CT molecular complexity index is 670. The Hall–Kier alpha value is -1.80. The van der Waals surface area contributed by atoms with Crippen molar-refractivity contribution in [1.29, 1.82) is 0 Å². The molecule has 1 fully saturated rings. The molecule has 1 saturated heterocycles. The number of nitrogens with zero attached hydrogens (tertiary/aromatic N) is 1. The van der Waals surface area contributed by atoms with E-state index in [4.69, 9.17) is 11.6 Å². The predicted molar refractivity (Wildman–Crippen MR) is 90.3 cm³/mol. The molecule has 3 heteroatoms. The molecular formula is C19H20ClNO. The van der Waals surface area contributed by atoms with Crippen LogP contribution in [0.25, 0.3) is 0 Å². The maximum absolute atomic E-state index is 12.8. The second-order valence-electron chi connectivity index (χ2n) is 6.19. The van der Waals surface area contributed by atoms with Crippen molar-refractivity contribution in [2.75, 3.05) is 6.54 Å². The van der Waals surface area contributed by atoms with E-state index in [2.05, 4.69) is 13.0 Å². The van der Waals surface area contributed by atoms with E-state index in [1.807, 2.05) is 53.4 Å². The number of carbonyl (C=O) groups is 1. The third-order valence-corrected chi connectivity index (χ3v) is 4.91. The summed E-state index contributed by atoms with van der Waals surface area (Å²) in [6, 6.07) is 17.4. The van der Waals surface area contributed by atoms with Crippen molar-refractivity contribution in [2.24, 2.45) is 0 Å². The maximum Gasteiger partial charge on any atom is 0.254 e. The van der Waals surface area contributed by atoms with Gasteiger partial charge in [0, 0.05) is 22.7 Å². The van der Waals surface area contributed by atoms with Crippen molar-refractivity contribution in [3.63, 3.8) is 0 Å². The van der Waals surface area contributed by atoms with E-state index in [0.717, 1.165) is 42.0 Å². The maximum atomic E-state index is 12.8. The molecule has 0 aliphatic carbocycles. The fourth-order valence-electron chi connectivity index (χ4n) is 3.34. The predicted octanol–water partition coefficient (Wildman–Crippen LogP) is 4.58. The van der Waals surface area contributed by atoms with Crippen LogP contribution < -0.4 is 0 Å². The smallest absolute Gasteiger partial charge is 0.254 e. The van der Waals surface area contributed by atoms with Crippen LogP contribution in [0.4, 0.5) is 0 Å². The van der Waals surface area contributed by atoms with Gasteiger partial charge in [0.15, 0.2) is 0 Å². The standard InChI is InChI=1S/C19H20ClNO/c1-19(14-16-10-5-6-11-17(16)20)12-7-13-21(19)18(22)15-8-3-2-4-9-15/h2-6,8-11H,7,12-14H2,1H3. The average molecular weight is 314 g/mol. The summed E-state index contributed by atoms with van der Waals surface area (Å²) in [5, 5.41) is 0.780. The highest BCUT2D eigenvalue weighted by Crippen LogP contribution is 2.35. The molecule has 1 atom stereocenters. The normalized spacial score (nSPS) is 21.1. The summed E-state index contributed by atoms with van der Waals surface area (Å²) in [5.74, 6) is 0.118. The van der Waals surface area contributed by atoms with Crippen LogP contribution in [0.3, 0.4) is 0 Å². The number of hydrogen-bond acceptors (Lipinski definition) is 1. The quantitative estimate of drug-likeness (QED) is 0.812. The largest absolute Gasteiger partial charge is 0.333 e. The lowest BCUT2D eigenvalue weighted by Crippen LogP contribution is -2.46. The van der Waals surface area contributed by atoms with E-state index in [-0.39, 0.29) is 11.4 Å². The zero-order chi connectivity index (χ0) is 15.6. The minimum atomic E-state index is -0.169. The van der Waals surface area contributed by atoms with Crippen molar-refractivity contribution < 1.29 is 4.79 Å². The topological polar surface area (TPSA) is 20.3 Å². The van der Waals surface area contributed by atoms with Gasteiger partial charge in [-0.05, 0) is 49.9 Å². The number of carbonyl (C=O) groups excluding carboxylic acids is 1. The number of benzene rings is 2. The number of hydrogen-bond donors (Lipinski definition) is 0. The Labute approximate surface area is 136 Å². The summed E-state index contributed by atoms with van der Waals surface area (Å²) >= 11 is 6.31. The summed E-state index contributed by atoms with van der Waals surface area (Å²) < 4.78 is 0. The summed E-state index contributed by atoms with van der Waals surface area (Å²) in [5.41, 5.74) is 1.70. The van der Waals surface area contributed by atoms with E-state index in [9.17, 15) is 4.79 Å². The molecule has 0 N–H and O–H groups in total. The monoisotopic (exact) mass is 313 g/mol. The molecule has 2 aromatic rings. The molecule has 1 unspecified atom stereocenters. The summed E-state index contributed by atoms with van der Waals surface area (Å²) in [6.45, 7) is 2.98. The molecule has 2 aromatic carbocycles. The first kappa shape index (κ1) is 15.1. The highest BCUT2D eigenvalue weighted by atomic mass is 35.5. The highest BCUT2D eigenvalue weighted by molar-refractivity contribution is 6.31. The van der Waals surface area contributed by atoms with E-state index in [1.165, 1.54) is 0 Å². The minimum Gasteiger partial charge on any atom is -0.333 e. The van der Waals surface area contributed by atoms with E-state index in [1.54, 1.807) is 0 Å². The Balaban J connectivity index is 1.86. The number of likely N-dealkylation sites (tertiary alicyclic amines) is 1. The molecule has 114 valence electrons. The second-order valence-corrected chi connectivity index (χ2v) is 6.60. The molecule has 0 saturated carbocycles. The van der Waals surface area contributed by atoms with Gasteiger partial charge < -0.3 is 4.90 Å². The zero-order valence-electron chi connectivity index (χ0n) is 12.8. The van der Waals surface area contributed by atoms with Crippen LogP contribution in [0.1, 0.15) is 35.7 Å². The molecule has 0 bridgehead atoms. The first-order valence-corrected chi connectivity index (χ1v) is 8.08. The van der Waals surface area contributed by atoms with Gasteiger partial charge in [-0.15, -0.1) is 0 Å². The molecule has 1 heterocycles. The van der Waals surface area contributed by atoms with Gasteiger partial charge >= 0.3 is 0 Å². The van der Waals surface area contributed by atoms with Gasteiger partial charge in [-0.3, -0.25) is 4.79 Å². The van der Waals surface area contributed by atoms with Gasteiger partial charge in [0.1, 0.15) is 0 Å². The van der Waals surface area contributed by atoms with Crippen LogP contribution in [-0.2, 0) is 6.42 Å². The van der Waals surface area contributed by atoms with Crippen molar-refractivity contribution >= 4 is 17.5 Å². The highest BCUT2D eigenvalue weighted by Gasteiger charge is 2.40. The molecule has 0 radical (unpaired) electrons. The van der Waals surface area contributed by atoms with Crippen LogP contribution >= 0.6 is 11.6 Å². The van der Waals surface area contributed by atoms with Crippen molar-refractivity contribution in [3.05, 3.63) is 70.7 Å². The average Bonchev–Trinajstić information content (AvgIpc) is 2.91. The molecule has 0 aromatic heterocycles. The Kier molecular flexibility index (Phi) is 4.21. The van der Waals surface area contributed by atoms with Crippen LogP contribution in [0.2, 0.25) is 5.02 Å². The van der Waals surface area contributed by atoms with Gasteiger partial charge in [0.25, 0.3) is 5.91 Å². The Morgan fingerprint density at radius 3 is 2.55 bits per heavy atom. The third-order valence-electron chi connectivity index (χ3n) is 4.54. The van der Waals surface area contributed by atoms with Crippen LogP contribution in [0.5, 0.6) is 0 Å². The van der Waals surface area contributed by atoms with Crippen LogP contribution in [0.15, 0.2) is 54.6 Å². The fraction of sp³-hybridized carbons (Fsp3) is 0.316. The van der Waals surface area contributed by atoms with Crippen LogP contribution in [0, 0.1) is 0 Å². The van der Waals surface area contributed by atoms with Crippen molar-refractivity contribution in [1.82, 2.24) is 4.90 Å². The molecule has 0 spiro atoms. The SMILES string of the molecule is CC1(Cc2ccccc2Cl)CCCN1C(=O)c1ccccc1. The lowest BCUT2D eigenvalue weighted by molar-refractivity contribution is 0.0624. The van der Waals surface area contributed by atoms with E-state index >= 15 is 0 Å². The van der Waals surface area contributed by atoms with E-state index in [0.29, 0.717) is 0 Å². The Morgan fingerprint density at radius 2 is 1.82 bits per heavy atom. The van der Waals surface area contributed by atoms with Gasteiger partial charge in [-0.2, -0.15) is 0 Å². The fourth-order valence-corrected chi connectivity index (χ4v) is 3.54. The van der Waals surface area contributed by atoms with Gasteiger partial charge in [0.2, 0.25) is 0 Å². The lowest BCUT2D eigenvalue weighted by atomic mass is 9.89. The molecule has 1 amide bonds. The molecular weight excluding hydrogens is 294 g/mol. The van der Waals surface area contributed by atoms with E-state index < -0.39 is 0 Å². The molecule has 2 nitrogen and oxygen atoms in total. The summed E-state index contributed by atoms with van der Waals surface area (Å²) in [6.07, 6.45) is 2.85. The zero-order valence-corrected chi connectivity index (χ0v) is 13.5. The third kappa shape index (κ3) is 2.89. The first-order chi connectivity index (χ1) is 10.6. The Morgan fingerprint density at radius 1 is 1.14 bits per heavy atom. The summed E-state index contributed by atoms with van der Waals surface area (Å²) in [7, 11) is 0.